The molecule has 15 heavy (non-hydrogen) atoms. The van der Waals surface area contributed by atoms with Gasteiger partial charge in [-0.05, 0) is 26.2 Å². The van der Waals surface area contributed by atoms with Crippen molar-refractivity contribution in [2.45, 2.75) is 53.6 Å². The molecule has 0 aromatic rings. The van der Waals surface area contributed by atoms with Crippen molar-refractivity contribution in [2.24, 2.45) is 5.92 Å². The monoisotopic (exact) mass is 218 g/mol. The van der Waals surface area contributed by atoms with Gasteiger partial charge in [-0.15, -0.1) is 0 Å². The number of ether oxygens (including phenoxy) is 1. The first-order valence-electron chi connectivity index (χ1n) is 5.14. The third-order valence-corrected chi connectivity index (χ3v) is 1.34. The van der Waals surface area contributed by atoms with Crippen LogP contribution in [0.25, 0.3) is 0 Å². The first kappa shape index (κ1) is 16.4. The van der Waals surface area contributed by atoms with Crippen LogP contribution in [0.3, 0.4) is 0 Å². The van der Waals surface area contributed by atoms with Gasteiger partial charge in [-0.1, -0.05) is 13.8 Å². The van der Waals surface area contributed by atoms with Gasteiger partial charge in [0.05, 0.1) is 6.10 Å². The Hall–Kier alpha value is -1.06. The summed E-state index contributed by atoms with van der Waals surface area (Å²) < 4.78 is 4.61. The third-order valence-electron chi connectivity index (χ3n) is 1.34. The van der Waals surface area contributed by atoms with Crippen LogP contribution < -0.4 is 0 Å². The van der Waals surface area contributed by atoms with Gasteiger partial charge in [-0.3, -0.25) is 9.59 Å². The first-order chi connectivity index (χ1) is 6.75. The number of esters is 1. The predicted octanol–water partition coefficient (Wildman–Crippen LogP) is 2.47. The highest BCUT2D eigenvalue weighted by Crippen LogP contribution is 2.01. The number of carboxylic acid groups (broad SMARTS) is 1. The van der Waals surface area contributed by atoms with E-state index in [1.54, 1.807) is 0 Å². The SMILES string of the molecule is CC(=O)OC(C)C.CC(C)CCC(=O)O. The molecule has 0 aromatic carbocycles. The summed E-state index contributed by atoms with van der Waals surface area (Å²) in [4.78, 5) is 19.9. The fourth-order valence-corrected chi connectivity index (χ4v) is 0.744. The van der Waals surface area contributed by atoms with Crippen molar-refractivity contribution in [3.63, 3.8) is 0 Å². The zero-order valence-corrected chi connectivity index (χ0v) is 10.2. The fourth-order valence-electron chi connectivity index (χ4n) is 0.744. The molecular weight excluding hydrogens is 196 g/mol. The molecule has 0 rings (SSSR count). The molecule has 0 heterocycles. The van der Waals surface area contributed by atoms with Crippen LogP contribution >= 0.6 is 0 Å². The van der Waals surface area contributed by atoms with Crippen LogP contribution in [0.1, 0.15) is 47.5 Å². The van der Waals surface area contributed by atoms with Gasteiger partial charge in [0.1, 0.15) is 0 Å². The van der Waals surface area contributed by atoms with Crippen molar-refractivity contribution in [1.29, 1.82) is 0 Å². The van der Waals surface area contributed by atoms with E-state index in [1.807, 2.05) is 27.7 Å². The molecule has 0 aromatic heterocycles. The summed E-state index contributed by atoms with van der Waals surface area (Å²) in [6.07, 6.45) is 1.12. The lowest BCUT2D eigenvalue weighted by atomic mass is 10.1. The van der Waals surface area contributed by atoms with E-state index in [0.29, 0.717) is 12.3 Å². The van der Waals surface area contributed by atoms with Gasteiger partial charge in [-0.25, -0.2) is 0 Å². The number of carbonyl (C=O) groups excluding carboxylic acids is 1. The van der Waals surface area contributed by atoms with E-state index in [-0.39, 0.29) is 12.1 Å². The number of rotatable bonds is 4. The number of hydrogen-bond acceptors (Lipinski definition) is 3. The Kier molecular flexibility index (Phi) is 10.4. The summed E-state index contributed by atoms with van der Waals surface area (Å²) in [6.45, 7) is 9.08. The molecule has 0 bridgehead atoms. The molecule has 0 spiro atoms. The van der Waals surface area contributed by atoms with Crippen molar-refractivity contribution >= 4 is 11.9 Å². The minimum atomic E-state index is -0.696. The first-order valence-corrected chi connectivity index (χ1v) is 5.14. The van der Waals surface area contributed by atoms with Crippen molar-refractivity contribution in [3.8, 4) is 0 Å². The van der Waals surface area contributed by atoms with Crippen LogP contribution in [-0.2, 0) is 14.3 Å². The van der Waals surface area contributed by atoms with E-state index in [0.717, 1.165) is 6.42 Å². The van der Waals surface area contributed by atoms with Crippen LogP contribution in [0.15, 0.2) is 0 Å². The number of hydrogen-bond donors (Lipinski definition) is 1. The lowest BCUT2D eigenvalue weighted by Crippen LogP contribution is -2.06. The van der Waals surface area contributed by atoms with Gasteiger partial charge < -0.3 is 9.84 Å². The molecule has 4 nitrogen and oxygen atoms in total. The van der Waals surface area contributed by atoms with Crippen LogP contribution in [0.4, 0.5) is 0 Å². The fraction of sp³-hybridized carbons (Fsp3) is 0.818. The zero-order valence-electron chi connectivity index (χ0n) is 10.2. The molecule has 1 N–H and O–H groups in total. The molecule has 0 saturated carbocycles. The Morgan fingerprint density at radius 3 is 1.73 bits per heavy atom. The molecule has 0 atom stereocenters. The maximum atomic E-state index is 10.0. The maximum absolute atomic E-state index is 10.0. The van der Waals surface area contributed by atoms with E-state index in [9.17, 15) is 9.59 Å². The molecule has 0 fully saturated rings. The smallest absolute Gasteiger partial charge is 0.303 e. The second-order valence-corrected chi connectivity index (χ2v) is 3.98. The molecule has 0 aliphatic carbocycles. The van der Waals surface area contributed by atoms with Gasteiger partial charge in [0, 0.05) is 13.3 Å². The molecule has 0 aliphatic rings. The second kappa shape index (κ2) is 9.49. The van der Waals surface area contributed by atoms with Crippen LogP contribution in [0, 0.1) is 5.92 Å². The average Bonchev–Trinajstić information content (AvgIpc) is 1.99. The molecule has 0 radical (unpaired) electrons. The van der Waals surface area contributed by atoms with Gasteiger partial charge in [0.25, 0.3) is 0 Å². The van der Waals surface area contributed by atoms with Crippen molar-refractivity contribution in [1.82, 2.24) is 0 Å². The average molecular weight is 218 g/mol. The Labute approximate surface area is 91.6 Å². The molecule has 0 aliphatic heterocycles. The summed E-state index contributed by atoms with van der Waals surface area (Å²) in [5.41, 5.74) is 0. The van der Waals surface area contributed by atoms with E-state index >= 15 is 0 Å². The van der Waals surface area contributed by atoms with Crippen molar-refractivity contribution in [3.05, 3.63) is 0 Å². The third kappa shape index (κ3) is 24.6. The Morgan fingerprint density at radius 1 is 1.20 bits per heavy atom. The summed E-state index contributed by atoms with van der Waals surface area (Å²) in [6, 6.07) is 0. The number of aliphatic carboxylic acids is 1. The maximum Gasteiger partial charge on any atom is 0.303 e. The predicted molar refractivity (Wildman–Crippen MR) is 58.6 cm³/mol. The van der Waals surface area contributed by atoms with Gasteiger partial charge in [0.15, 0.2) is 0 Å². The van der Waals surface area contributed by atoms with Crippen molar-refractivity contribution < 1.29 is 19.4 Å². The van der Waals surface area contributed by atoms with Gasteiger partial charge in [-0.2, -0.15) is 0 Å². The highest BCUT2D eigenvalue weighted by Gasteiger charge is 1.98. The molecule has 4 heteroatoms. The molecule has 0 amide bonds. The number of carboxylic acids is 1. The minimum absolute atomic E-state index is 0.0255. The van der Waals surface area contributed by atoms with Crippen molar-refractivity contribution in [2.75, 3.05) is 0 Å². The van der Waals surface area contributed by atoms with E-state index in [4.69, 9.17) is 5.11 Å². The van der Waals surface area contributed by atoms with Gasteiger partial charge in [0.2, 0.25) is 0 Å². The van der Waals surface area contributed by atoms with E-state index < -0.39 is 5.97 Å². The Balaban J connectivity index is 0. The summed E-state index contributed by atoms with van der Waals surface area (Å²) >= 11 is 0. The lowest BCUT2D eigenvalue weighted by molar-refractivity contribution is -0.144. The molecular formula is C11H22O4. The topological polar surface area (TPSA) is 63.6 Å². The molecule has 90 valence electrons. The van der Waals surface area contributed by atoms with Gasteiger partial charge >= 0.3 is 11.9 Å². The summed E-state index contributed by atoms with van der Waals surface area (Å²) in [5, 5.41) is 8.16. The Morgan fingerprint density at radius 2 is 1.67 bits per heavy atom. The van der Waals surface area contributed by atoms with E-state index in [1.165, 1.54) is 6.92 Å². The van der Waals surface area contributed by atoms with Crippen LogP contribution in [0.2, 0.25) is 0 Å². The minimum Gasteiger partial charge on any atom is -0.481 e. The quantitative estimate of drug-likeness (QED) is 0.736. The summed E-state index contributed by atoms with van der Waals surface area (Å²) in [5.74, 6) is -0.403. The lowest BCUT2D eigenvalue weighted by Gasteiger charge is -2.01. The highest BCUT2D eigenvalue weighted by atomic mass is 16.5. The summed E-state index contributed by atoms with van der Waals surface area (Å²) in [7, 11) is 0. The standard InChI is InChI=1S/C6H12O2.C5H10O2/c1-5(2)3-4-6(7)8;1-4(2)7-5(3)6/h5H,3-4H2,1-2H3,(H,7,8);4H,1-3H3. The Bertz CT molecular complexity index is 185. The van der Waals surface area contributed by atoms with Crippen LogP contribution in [-0.4, -0.2) is 23.1 Å². The largest absolute Gasteiger partial charge is 0.481 e. The van der Waals surface area contributed by atoms with E-state index in [2.05, 4.69) is 4.74 Å². The molecule has 0 unspecified atom stereocenters. The van der Waals surface area contributed by atoms with Crippen LogP contribution in [0.5, 0.6) is 0 Å². The second-order valence-electron chi connectivity index (χ2n) is 3.98. The zero-order chi connectivity index (χ0) is 12.4. The molecule has 0 saturated heterocycles. The highest BCUT2D eigenvalue weighted by molar-refractivity contribution is 5.66. The number of carbonyl (C=O) groups is 2. The normalized spacial score (nSPS) is 9.53.